The minimum atomic E-state index is -0.292. The minimum absolute atomic E-state index is 0.0423. The van der Waals surface area contributed by atoms with Gasteiger partial charge in [0.15, 0.2) is 0 Å². The van der Waals surface area contributed by atoms with E-state index >= 15 is 0 Å². The molecule has 2 amide bonds. The van der Waals surface area contributed by atoms with Gasteiger partial charge in [0.05, 0.1) is 13.2 Å². The van der Waals surface area contributed by atoms with E-state index in [-0.39, 0.29) is 24.2 Å². The molecule has 1 heterocycles. The highest BCUT2D eigenvalue weighted by Gasteiger charge is 2.22. The number of carbonyl (C=O) groups is 2. The van der Waals surface area contributed by atoms with Gasteiger partial charge in [0.25, 0.3) is 5.91 Å². The van der Waals surface area contributed by atoms with Crippen molar-refractivity contribution in [2.24, 2.45) is 0 Å². The Bertz CT molecular complexity index is 833. The van der Waals surface area contributed by atoms with Gasteiger partial charge in [-0.1, -0.05) is 18.2 Å². The van der Waals surface area contributed by atoms with E-state index in [0.29, 0.717) is 56.2 Å². The first kappa shape index (κ1) is 20.8. The van der Waals surface area contributed by atoms with Crippen LogP contribution < -0.4 is 10.1 Å². The third-order valence-electron chi connectivity index (χ3n) is 4.90. The fourth-order valence-corrected chi connectivity index (χ4v) is 3.26. The first-order chi connectivity index (χ1) is 14.1. The lowest BCUT2D eigenvalue weighted by Gasteiger charge is -2.34. The molecule has 1 aliphatic heterocycles. The van der Waals surface area contributed by atoms with Gasteiger partial charge in [-0.05, 0) is 37.3 Å². The van der Waals surface area contributed by atoms with E-state index in [0.717, 1.165) is 0 Å². The number of nitrogens with zero attached hydrogens (tertiary/aromatic N) is 2. The number of carbonyl (C=O) groups excluding carboxylic acids is 2. The fraction of sp³-hybridized carbons (Fsp3) is 0.364. The van der Waals surface area contributed by atoms with Crippen molar-refractivity contribution in [3.63, 3.8) is 0 Å². The Balaban J connectivity index is 1.42. The highest BCUT2D eigenvalue weighted by molar-refractivity contribution is 5.96. The van der Waals surface area contributed by atoms with E-state index in [2.05, 4.69) is 10.2 Å². The summed E-state index contributed by atoms with van der Waals surface area (Å²) in [6, 6.07) is 13.6. The summed E-state index contributed by atoms with van der Waals surface area (Å²) in [5.74, 6) is 0.0887. The Morgan fingerprint density at radius 3 is 2.38 bits per heavy atom. The monoisotopic (exact) mass is 399 g/mol. The van der Waals surface area contributed by atoms with Gasteiger partial charge < -0.3 is 15.0 Å². The number of benzene rings is 2. The van der Waals surface area contributed by atoms with Gasteiger partial charge in [-0.15, -0.1) is 0 Å². The zero-order chi connectivity index (χ0) is 20.6. The summed E-state index contributed by atoms with van der Waals surface area (Å²) < 4.78 is 19.1. The van der Waals surface area contributed by atoms with Crippen molar-refractivity contribution in [1.82, 2.24) is 15.1 Å². The lowest BCUT2D eigenvalue weighted by molar-refractivity contribution is -0.131. The zero-order valence-corrected chi connectivity index (χ0v) is 16.6. The van der Waals surface area contributed by atoms with Gasteiger partial charge >= 0.3 is 0 Å². The Morgan fingerprint density at radius 1 is 1.03 bits per heavy atom. The molecule has 29 heavy (non-hydrogen) atoms. The highest BCUT2D eigenvalue weighted by Crippen LogP contribution is 2.13. The van der Waals surface area contributed by atoms with Crippen molar-refractivity contribution < 1.29 is 18.7 Å². The number of hydrogen-bond donors (Lipinski definition) is 1. The molecule has 0 saturated carbocycles. The maximum absolute atomic E-state index is 13.8. The number of ether oxygens (including phenoxy) is 1. The second kappa shape index (κ2) is 10.0. The summed E-state index contributed by atoms with van der Waals surface area (Å²) in [6.07, 6.45) is 0. The molecule has 3 rings (SSSR count). The summed E-state index contributed by atoms with van der Waals surface area (Å²) in [5.41, 5.74) is 1.14. The van der Waals surface area contributed by atoms with Crippen molar-refractivity contribution in [1.29, 1.82) is 0 Å². The van der Waals surface area contributed by atoms with Crippen LogP contribution >= 0.6 is 0 Å². The average Bonchev–Trinajstić information content (AvgIpc) is 2.75. The molecule has 0 atom stereocenters. The topological polar surface area (TPSA) is 61.9 Å². The third kappa shape index (κ3) is 5.77. The van der Waals surface area contributed by atoms with Gasteiger partial charge in [0.2, 0.25) is 5.91 Å². The number of piperazine rings is 1. The average molecular weight is 399 g/mol. The van der Waals surface area contributed by atoms with Crippen molar-refractivity contribution in [2.45, 2.75) is 13.5 Å². The Labute approximate surface area is 170 Å². The molecule has 0 spiro atoms. The predicted octanol–water partition coefficient (Wildman–Crippen LogP) is 2.30. The third-order valence-corrected chi connectivity index (χ3v) is 4.90. The highest BCUT2D eigenvalue weighted by atomic mass is 19.1. The maximum atomic E-state index is 13.8. The molecule has 7 heteroatoms. The molecule has 1 N–H and O–H groups in total. The van der Waals surface area contributed by atoms with Crippen LogP contribution in [-0.2, 0) is 11.3 Å². The van der Waals surface area contributed by atoms with E-state index in [1.54, 1.807) is 41.3 Å². The van der Waals surface area contributed by atoms with Crippen molar-refractivity contribution in [3.05, 3.63) is 65.5 Å². The van der Waals surface area contributed by atoms with Crippen LogP contribution in [0.25, 0.3) is 0 Å². The summed E-state index contributed by atoms with van der Waals surface area (Å²) in [6.45, 7) is 5.42. The molecular formula is C22H26FN3O3. The van der Waals surface area contributed by atoms with E-state index in [1.165, 1.54) is 6.07 Å². The zero-order valence-electron chi connectivity index (χ0n) is 16.6. The van der Waals surface area contributed by atoms with Crippen LogP contribution in [0.4, 0.5) is 4.39 Å². The normalized spacial score (nSPS) is 14.5. The van der Waals surface area contributed by atoms with Crippen LogP contribution in [0.2, 0.25) is 0 Å². The molecule has 0 aromatic heterocycles. The van der Waals surface area contributed by atoms with E-state index in [9.17, 15) is 14.0 Å². The van der Waals surface area contributed by atoms with Gasteiger partial charge in [0.1, 0.15) is 11.6 Å². The molecule has 0 bridgehead atoms. The quantitative estimate of drug-likeness (QED) is 0.776. The second-order valence-corrected chi connectivity index (χ2v) is 6.89. The van der Waals surface area contributed by atoms with Gasteiger partial charge in [0, 0.05) is 43.9 Å². The van der Waals surface area contributed by atoms with E-state index < -0.39 is 0 Å². The molecule has 0 aliphatic carbocycles. The summed E-state index contributed by atoms with van der Waals surface area (Å²) in [4.78, 5) is 28.5. The Morgan fingerprint density at radius 2 is 1.72 bits per heavy atom. The molecule has 1 aliphatic rings. The molecule has 0 unspecified atom stereocenters. The smallest absolute Gasteiger partial charge is 0.251 e. The molecule has 154 valence electrons. The summed E-state index contributed by atoms with van der Waals surface area (Å²) >= 11 is 0. The molecule has 1 saturated heterocycles. The fourth-order valence-electron chi connectivity index (χ4n) is 3.26. The number of hydrogen-bond acceptors (Lipinski definition) is 4. The molecule has 2 aromatic carbocycles. The van der Waals surface area contributed by atoms with Crippen molar-refractivity contribution in [3.8, 4) is 5.75 Å². The van der Waals surface area contributed by atoms with E-state index in [1.807, 2.05) is 13.0 Å². The first-order valence-electron chi connectivity index (χ1n) is 9.81. The van der Waals surface area contributed by atoms with Gasteiger partial charge in [-0.25, -0.2) is 4.39 Å². The summed E-state index contributed by atoms with van der Waals surface area (Å²) in [5, 5.41) is 2.67. The van der Waals surface area contributed by atoms with Crippen molar-refractivity contribution in [2.75, 3.05) is 39.3 Å². The number of halogens is 1. The molecule has 2 aromatic rings. The Hall–Kier alpha value is -2.93. The van der Waals surface area contributed by atoms with Crippen LogP contribution in [0.5, 0.6) is 5.75 Å². The lowest BCUT2D eigenvalue weighted by atomic mass is 10.2. The summed E-state index contributed by atoms with van der Waals surface area (Å²) in [7, 11) is 0. The number of nitrogens with one attached hydrogen (secondary N) is 1. The molecule has 6 nitrogen and oxygen atoms in total. The number of amides is 2. The van der Waals surface area contributed by atoms with Crippen LogP contribution in [0.15, 0.2) is 48.5 Å². The van der Waals surface area contributed by atoms with Crippen LogP contribution in [0.3, 0.4) is 0 Å². The SMILES string of the molecule is CCOc1ccc(C(=O)NCC(=O)N2CCN(Cc3ccccc3F)CC2)cc1. The maximum Gasteiger partial charge on any atom is 0.251 e. The van der Waals surface area contributed by atoms with Crippen molar-refractivity contribution >= 4 is 11.8 Å². The van der Waals surface area contributed by atoms with Gasteiger partial charge in [-0.3, -0.25) is 14.5 Å². The predicted molar refractivity (Wildman–Crippen MR) is 108 cm³/mol. The standard InChI is InChI=1S/C22H26FN3O3/c1-2-29-19-9-7-17(8-10-19)22(28)24-15-21(27)26-13-11-25(12-14-26)16-18-5-3-4-6-20(18)23/h3-10H,2,11-16H2,1H3,(H,24,28). The molecular weight excluding hydrogens is 373 g/mol. The molecule has 1 fully saturated rings. The van der Waals surface area contributed by atoms with Crippen LogP contribution in [-0.4, -0.2) is 60.9 Å². The van der Waals surface area contributed by atoms with E-state index in [4.69, 9.17) is 4.74 Å². The Kier molecular flexibility index (Phi) is 7.19. The lowest BCUT2D eigenvalue weighted by Crippen LogP contribution is -2.50. The molecule has 0 radical (unpaired) electrons. The van der Waals surface area contributed by atoms with Crippen LogP contribution in [0.1, 0.15) is 22.8 Å². The van der Waals surface area contributed by atoms with Crippen LogP contribution in [0, 0.1) is 5.82 Å². The number of rotatable bonds is 7. The van der Waals surface area contributed by atoms with Gasteiger partial charge in [-0.2, -0.15) is 0 Å². The second-order valence-electron chi connectivity index (χ2n) is 6.89. The largest absolute Gasteiger partial charge is 0.494 e. The first-order valence-corrected chi connectivity index (χ1v) is 9.81. The minimum Gasteiger partial charge on any atom is -0.494 e.